The summed E-state index contributed by atoms with van der Waals surface area (Å²) < 4.78 is 1.95. The topological polar surface area (TPSA) is 17.8 Å². The molecule has 0 bridgehead atoms. The number of rotatable bonds is 3. The largest absolute Gasteiger partial charge is 0.241 e. The molecule has 100 valence electrons. The van der Waals surface area contributed by atoms with Gasteiger partial charge in [-0.15, -0.1) is 0 Å². The molecule has 3 aromatic rings. The van der Waals surface area contributed by atoms with Gasteiger partial charge in [0.15, 0.2) is 0 Å². The second-order valence-corrected chi connectivity index (χ2v) is 5.24. The van der Waals surface area contributed by atoms with Crippen LogP contribution in [0.2, 0.25) is 0 Å². The summed E-state index contributed by atoms with van der Waals surface area (Å²) in [7, 11) is 0. The van der Waals surface area contributed by atoms with Crippen molar-refractivity contribution in [1.82, 2.24) is 9.78 Å². The van der Waals surface area contributed by atoms with Crippen LogP contribution in [0.3, 0.4) is 0 Å². The lowest BCUT2D eigenvalue weighted by Gasteiger charge is -2.14. The first kappa shape index (κ1) is 12.7. The van der Waals surface area contributed by atoms with Crippen LogP contribution in [0.25, 0.3) is 16.8 Å². The lowest BCUT2D eigenvalue weighted by Crippen LogP contribution is -2.02. The number of aromatic nitrogens is 2. The van der Waals surface area contributed by atoms with Crippen molar-refractivity contribution < 1.29 is 0 Å². The van der Waals surface area contributed by atoms with Gasteiger partial charge in [0.05, 0.1) is 5.69 Å². The maximum atomic E-state index is 4.38. The van der Waals surface area contributed by atoms with Crippen LogP contribution in [0.5, 0.6) is 0 Å². The van der Waals surface area contributed by atoms with Crippen molar-refractivity contribution in [2.45, 2.75) is 19.8 Å². The lowest BCUT2D eigenvalue weighted by atomic mass is 9.96. The first-order chi connectivity index (χ1) is 9.75. The third-order valence-corrected chi connectivity index (χ3v) is 3.51. The molecule has 2 nitrogen and oxygen atoms in total. The predicted octanol–water partition coefficient (Wildman–Crippen LogP) is 4.66. The van der Waals surface area contributed by atoms with E-state index in [1.54, 1.807) is 0 Å². The van der Waals surface area contributed by atoms with Gasteiger partial charge in [0.2, 0.25) is 0 Å². The van der Waals surface area contributed by atoms with Gasteiger partial charge in [0.1, 0.15) is 0 Å². The molecule has 0 spiro atoms. The second kappa shape index (κ2) is 5.33. The molecule has 0 saturated heterocycles. The van der Waals surface area contributed by atoms with E-state index in [-0.39, 0.29) is 0 Å². The molecule has 2 aromatic carbocycles. The molecule has 0 atom stereocenters. The lowest BCUT2D eigenvalue weighted by molar-refractivity contribution is 0.809. The summed E-state index contributed by atoms with van der Waals surface area (Å²) >= 11 is 0. The molecule has 3 rings (SSSR count). The molecular formula is C18H18N2. The zero-order valence-electron chi connectivity index (χ0n) is 11.8. The van der Waals surface area contributed by atoms with Gasteiger partial charge >= 0.3 is 0 Å². The highest BCUT2D eigenvalue weighted by Gasteiger charge is 2.10. The minimum atomic E-state index is 0.471. The monoisotopic (exact) mass is 262 g/mol. The molecule has 1 heterocycles. The fraction of sp³-hybridized carbons (Fsp3) is 0.167. The van der Waals surface area contributed by atoms with Gasteiger partial charge in [0.25, 0.3) is 0 Å². The van der Waals surface area contributed by atoms with E-state index >= 15 is 0 Å². The van der Waals surface area contributed by atoms with Crippen LogP contribution >= 0.6 is 0 Å². The van der Waals surface area contributed by atoms with Crippen molar-refractivity contribution in [2.75, 3.05) is 0 Å². The Morgan fingerprint density at radius 2 is 1.70 bits per heavy atom. The smallest absolute Gasteiger partial charge is 0.0686 e. The number of hydrogen-bond acceptors (Lipinski definition) is 1. The summed E-state index contributed by atoms with van der Waals surface area (Å²) in [6.07, 6.45) is 3.81. The summed E-state index contributed by atoms with van der Waals surface area (Å²) in [5.74, 6) is 0.471. The number of hydrogen-bond donors (Lipinski definition) is 0. The zero-order chi connectivity index (χ0) is 13.9. The Labute approximate surface area is 119 Å². The van der Waals surface area contributed by atoms with Crippen molar-refractivity contribution in [2.24, 2.45) is 0 Å². The maximum absolute atomic E-state index is 4.38. The standard InChI is InChI=1S/C18H18N2/c1-14(2)17-10-9-16(15-7-4-3-5-8-15)13-18(17)20-12-6-11-19-20/h3-14H,1-2H3. The van der Waals surface area contributed by atoms with Gasteiger partial charge in [-0.25, -0.2) is 4.68 Å². The Morgan fingerprint density at radius 1 is 0.900 bits per heavy atom. The van der Waals surface area contributed by atoms with Crippen molar-refractivity contribution >= 4 is 0 Å². The van der Waals surface area contributed by atoms with E-state index < -0.39 is 0 Å². The molecule has 0 N–H and O–H groups in total. The third kappa shape index (κ3) is 2.37. The number of benzene rings is 2. The molecule has 1 aromatic heterocycles. The van der Waals surface area contributed by atoms with E-state index in [0.717, 1.165) is 5.69 Å². The summed E-state index contributed by atoms with van der Waals surface area (Å²) in [5, 5.41) is 4.38. The Morgan fingerprint density at radius 3 is 2.35 bits per heavy atom. The van der Waals surface area contributed by atoms with E-state index in [2.05, 4.69) is 61.4 Å². The van der Waals surface area contributed by atoms with Crippen molar-refractivity contribution in [1.29, 1.82) is 0 Å². The maximum Gasteiger partial charge on any atom is 0.0686 e. The van der Waals surface area contributed by atoms with Gasteiger partial charge in [0, 0.05) is 12.4 Å². The molecule has 0 aliphatic rings. The fourth-order valence-corrected chi connectivity index (χ4v) is 2.45. The second-order valence-electron chi connectivity index (χ2n) is 5.24. The summed E-state index contributed by atoms with van der Waals surface area (Å²) in [6.45, 7) is 4.43. The van der Waals surface area contributed by atoms with Crippen LogP contribution in [0, 0.1) is 0 Å². The third-order valence-electron chi connectivity index (χ3n) is 3.51. The van der Waals surface area contributed by atoms with Gasteiger partial charge in [-0.3, -0.25) is 0 Å². The molecule has 0 fully saturated rings. The molecule has 0 aliphatic heterocycles. The van der Waals surface area contributed by atoms with Gasteiger partial charge < -0.3 is 0 Å². The quantitative estimate of drug-likeness (QED) is 0.671. The van der Waals surface area contributed by atoms with Crippen LogP contribution in [0.1, 0.15) is 25.3 Å². The molecule has 2 heteroatoms. The van der Waals surface area contributed by atoms with Crippen LogP contribution in [0.4, 0.5) is 0 Å². The molecule has 0 aliphatic carbocycles. The van der Waals surface area contributed by atoms with E-state index in [1.807, 2.05) is 29.2 Å². The molecule has 0 saturated carbocycles. The molecule has 0 radical (unpaired) electrons. The highest BCUT2D eigenvalue weighted by Crippen LogP contribution is 2.28. The van der Waals surface area contributed by atoms with Crippen molar-refractivity contribution in [3.63, 3.8) is 0 Å². The van der Waals surface area contributed by atoms with E-state index in [9.17, 15) is 0 Å². The van der Waals surface area contributed by atoms with Crippen LogP contribution < -0.4 is 0 Å². The Balaban J connectivity index is 2.15. The Bertz CT molecular complexity index is 683. The van der Waals surface area contributed by atoms with E-state index in [1.165, 1.54) is 16.7 Å². The molecule has 20 heavy (non-hydrogen) atoms. The summed E-state index contributed by atoms with van der Waals surface area (Å²) in [5.41, 5.74) is 4.93. The van der Waals surface area contributed by atoms with Gasteiger partial charge in [-0.1, -0.05) is 56.3 Å². The van der Waals surface area contributed by atoms with Gasteiger partial charge in [-0.05, 0) is 34.7 Å². The minimum Gasteiger partial charge on any atom is -0.241 e. The van der Waals surface area contributed by atoms with Crippen LogP contribution in [-0.2, 0) is 0 Å². The number of nitrogens with zero attached hydrogens (tertiary/aromatic N) is 2. The summed E-state index contributed by atoms with van der Waals surface area (Å²) in [4.78, 5) is 0. The molecular weight excluding hydrogens is 244 g/mol. The highest BCUT2D eigenvalue weighted by molar-refractivity contribution is 5.67. The van der Waals surface area contributed by atoms with Crippen LogP contribution in [-0.4, -0.2) is 9.78 Å². The zero-order valence-corrected chi connectivity index (χ0v) is 11.8. The van der Waals surface area contributed by atoms with Gasteiger partial charge in [-0.2, -0.15) is 5.10 Å². The Hall–Kier alpha value is -2.35. The SMILES string of the molecule is CC(C)c1ccc(-c2ccccc2)cc1-n1cccn1. The van der Waals surface area contributed by atoms with Crippen molar-refractivity contribution in [3.05, 3.63) is 72.6 Å². The average Bonchev–Trinajstić information content (AvgIpc) is 3.01. The minimum absolute atomic E-state index is 0.471. The van der Waals surface area contributed by atoms with E-state index in [4.69, 9.17) is 0 Å². The first-order valence-corrected chi connectivity index (χ1v) is 6.95. The molecule has 0 unspecified atom stereocenters. The molecule has 0 amide bonds. The summed E-state index contributed by atoms with van der Waals surface area (Å²) in [6, 6.07) is 19.0. The normalized spacial score (nSPS) is 10.9. The highest BCUT2D eigenvalue weighted by atomic mass is 15.3. The van der Waals surface area contributed by atoms with Crippen molar-refractivity contribution in [3.8, 4) is 16.8 Å². The fourth-order valence-electron chi connectivity index (χ4n) is 2.45. The van der Waals surface area contributed by atoms with Crippen LogP contribution in [0.15, 0.2) is 67.0 Å². The Kier molecular flexibility index (Phi) is 3.38. The predicted molar refractivity (Wildman–Crippen MR) is 83.1 cm³/mol. The first-order valence-electron chi connectivity index (χ1n) is 6.95. The van der Waals surface area contributed by atoms with E-state index in [0.29, 0.717) is 5.92 Å². The average molecular weight is 262 g/mol.